The Kier molecular flexibility index (Phi) is 2.91. The van der Waals surface area contributed by atoms with Crippen LogP contribution in [0.1, 0.15) is 26.7 Å². The van der Waals surface area contributed by atoms with Crippen LogP contribution in [0, 0.1) is 11.3 Å². The van der Waals surface area contributed by atoms with Gasteiger partial charge in [0.2, 0.25) is 0 Å². The molecule has 1 atom stereocenters. The van der Waals surface area contributed by atoms with Crippen molar-refractivity contribution in [3.05, 3.63) is 11.6 Å². The molecule has 2 nitrogen and oxygen atoms in total. The summed E-state index contributed by atoms with van der Waals surface area (Å²) in [6.45, 7) is 4.39. The summed E-state index contributed by atoms with van der Waals surface area (Å²) in [6, 6.07) is 0. The van der Waals surface area contributed by atoms with Crippen LogP contribution < -0.4 is 0 Å². The lowest BCUT2D eigenvalue weighted by Crippen LogP contribution is -2.38. The molecule has 12 heavy (non-hydrogen) atoms. The molecule has 0 saturated carbocycles. The molecule has 0 unspecified atom stereocenters. The molecule has 1 aliphatic rings. The molecule has 0 bridgehead atoms. The molecule has 0 radical (unpaired) electrons. The molecular formula is C10H18O2. The van der Waals surface area contributed by atoms with E-state index in [1.807, 2.05) is 0 Å². The number of hydrogen-bond donors (Lipinski definition) is 2. The van der Waals surface area contributed by atoms with Crippen molar-refractivity contribution in [2.75, 3.05) is 13.2 Å². The fourth-order valence-corrected chi connectivity index (χ4v) is 1.85. The van der Waals surface area contributed by atoms with Gasteiger partial charge in [0.1, 0.15) is 0 Å². The van der Waals surface area contributed by atoms with E-state index in [1.165, 1.54) is 5.57 Å². The summed E-state index contributed by atoms with van der Waals surface area (Å²) in [5.74, 6) is 0.387. The molecule has 0 aromatic rings. The van der Waals surface area contributed by atoms with Crippen molar-refractivity contribution in [3.63, 3.8) is 0 Å². The summed E-state index contributed by atoms with van der Waals surface area (Å²) >= 11 is 0. The maximum atomic E-state index is 9.21. The first-order chi connectivity index (χ1) is 5.64. The monoisotopic (exact) mass is 170 g/mol. The fourth-order valence-electron chi connectivity index (χ4n) is 1.85. The van der Waals surface area contributed by atoms with Crippen LogP contribution in [0.5, 0.6) is 0 Å². The molecule has 1 rings (SSSR count). The maximum Gasteiger partial charge on any atom is 0.0515 e. The second-order valence-electron chi connectivity index (χ2n) is 4.04. The maximum absolute atomic E-state index is 9.21. The second-order valence-corrected chi connectivity index (χ2v) is 4.04. The Morgan fingerprint density at radius 3 is 2.50 bits per heavy atom. The van der Waals surface area contributed by atoms with Crippen LogP contribution in [0.2, 0.25) is 0 Å². The van der Waals surface area contributed by atoms with Crippen LogP contribution in [0.4, 0.5) is 0 Å². The highest BCUT2D eigenvalue weighted by molar-refractivity contribution is 5.09. The zero-order valence-corrected chi connectivity index (χ0v) is 7.88. The van der Waals surface area contributed by atoms with Gasteiger partial charge < -0.3 is 10.2 Å². The normalized spacial score (nSPS) is 28.3. The van der Waals surface area contributed by atoms with E-state index in [-0.39, 0.29) is 18.6 Å². The number of rotatable bonds is 2. The van der Waals surface area contributed by atoms with Crippen molar-refractivity contribution >= 4 is 0 Å². The molecule has 0 heterocycles. The predicted molar refractivity (Wildman–Crippen MR) is 48.8 cm³/mol. The van der Waals surface area contributed by atoms with Gasteiger partial charge in [0, 0.05) is 5.41 Å². The Hall–Kier alpha value is -0.340. The Balaban J connectivity index is 2.78. The standard InChI is InChI=1S/C10H18O2/c1-8-3-4-10(6-11,7-12)9(2)5-8/h3,9,11-12H,4-7H2,1-2H3/t9-/m0/s1. The van der Waals surface area contributed by atoms with Crippen molar-refractivity contribution in [2.45, 2.75) is 26.7 Å². The summed E-state index contributed by atoms with van der Waals surface area (Å²) < 4.78 is 0. The Bertz CT molecular complexity index is 180. The van der Waals surface area contributed by atoms with Crippen LogP contribution in [0.15, 0.2) is 11.6 Å². The first kappa shape index (κ1) is 9.75. The summed E-state index contributed by atoms with van der Waals surface area (Å²) in [5.41, 5.74) is 1.11. The number of aliphatic hydroxyl groups is 2. The molecule has 0 fully saturated rings. The molecule has 0 spiro atoms. The molecule has 2 heteroatoms. The average Bonchev–Trinajstić information content (AvgIpc) is 2.06. The van der Waals surface area contributed by atoms with Crippen molar-refractivity contribution < 1.29 is 10.2 Å². The molecule has 0 aromatic heterocycles. The third-order valence-corrected chi connectivity index (χ3v) is 3.16. The second kappa shape index (κ2) is 3.58. The fraction of sp³-hybridized carbons (Fsp3) is 0.800. The van der Waals surface area contributed by atoms with Crippen molar-refractivity contribution in [1.29, 1.82) is 0 Å². The summed E-state index contributed by atoms with van der Waals surface area (Å²) in [7, 11) is 0. The Morgan fingerprint density at radius 1 is 1.50 bits per heavy atom. The van der Waals surface area contributed by atoms with Crippen molar-refractivity contribution in [2.24, 2.45) is 11.3 Å². The van der Waals surface area contributed by atoms with Gasteiger partial charge in [-0.25, -0.2) is 0 Å². The van der Waals surface area contributed by atoms with Crippen LogP contribution in [0.25, 0.3) is 0 Å². The molecule has 0 aromatic carbocycles. The van der Waals surface area contributed by atoms with E-state index >= 15 is 0 Å². The van der Waals surface area contributed by atoms with Gasteiger partial charge in [-0.05, 0) is 25.7 Å². The molecular weight excluding hydrogens is 152 g/mol. The van der Waals surface area contributed by atoms with E-state index in [9.17, 15) is 10.2 Å². The van der Waals surface area contributed by atoms with Crippen LogP contribution in [-0.4, -0.2) is 23.4 Å². The highest BCUT2D eigenvalue weighted by atomic mass is 16.3. The van der Waals surface area contributed by atoms with Crippen molar-refractivity contribution in [3.8, 4) is 0 Å². The lowest BCUT2D eigenvalue weighted by Gasteiger charge is -2.38. The van der Waals surface area contributed by atoms with Crippen LogP contribution >= 0.6 is 0 Å². The molecule has 0 amide bonds. The molecule has 0 aliphatic heterocycles. The zero-order valence-electron chi connectivity index (χ0n) is 7.88. The van der Waals surface area contributed by atoms with Gasteiger partial charge in [0.25, 0.3) is 0 Å². The van der Waals surface area contributed by atoms with E-state index in [0.717, 1.165) is 12.8 Å². The number of allylic oxidation sites excluding steroid dienone is 2. The van der Waals surface area contributed by atoms with Gasteiger partial charge in [-0.2, -0.15) is 0 Å². The summed E-state index contributed by atoms with van der Waals surface area (Å²) in [4.78, 5) is 0. The molecule has 1 aliphatic carbocycles. The highest BCUT2D eigenvalue weighted by Gasteiger charge is 2.36. The van der Waals surface area contributed by atoms with Crippen LogP contribution in [-0.2, 0) is 0 Å². The number of aliphatic hydroxyl groups excluding tert-OH is 2. The quantitative estimate of drug-likeness (QED) is 0.614. The highest BCUT2D eigenvalue weighted by Crippen LogP contribution is 2.39. The van der Waals surface area contributed by atoms with Gasteiger partial charge in [-0.1, -0.05) is 18.6 Å². The third kappa shape index (κ3) is 1.54. The van der Waals surface area contributed by atoms with E-state index in [2.05, 4.69) is 19.9 Å². The zero-order chi connectivity index (χ0) is 9.19. The van der Waals surface area contributed by atoms with E-state index < -0.39 is 0 Å². The Morgan fingerprint density at radius 2 is 2.08 bits per heavy atom. The Labute approximate surface area is 73.9 Å². The largest absolute Gasteiger partial charge is 0.396 e. The van der Waals surface area contributed by atoms with Gasteiger partial charge in [-0.3, -0.25) is 0 Å². The summed E-state index contributed by atoms with van der Waals surface area (Å²) in [6.07, 6.45) is 3.94. The van der Waals surface area contributed by atoms with Gasteiger partial charge in [0.05, 0.1) is 13.2 Å². The molecule has 0 saturated heterocycles. The van der Waals surface area contributed by atoms with E-state index in [1.54, 1.807) is 0 Å². The molecule has 70 valence electrons. The average molecular weight is 170 g/mol. The topological polar surface area (TPSA) is 40.5 Å². The minimum Gasteiger partial charge on any atom is -0.396 e. The van der Waals surface area contributed by atoms with E-state index in [0.29, 0.717) is 5.92 Å². The molecule has 2 N–H and O–H groups in total. The first-order valence-electron chi connectivity index (χ1n) is 4.52. The van der Waals surface area contributed by atoms with Crippen LogP contribution in [0.3, 0.4) is 0 Å². The first-order valence-corrected chi connectivity index (χ1v) is 4.52. The SMILES string of the molecule is CC1=CCC(CO)(CO)[C@@H](C)C1. The predicted octanol–water partition coefficient (Wildman–Crippen LogP) is 1.33. The van der Waals surface area contributed by atoms with Gasteiger partial charge in [0.15, 0.2) is 0 Å². The smallest absolute Gasteiger partial charge is 0.0515 e. The summed E-state index contributed by atoms with van der Waals surface area (Å²) in [5, 5.41) is 18.4. The lowest BCUT2D eigenvalue weighted by molar-refractivity contribution is 0.00747. The van der Waals surface area contributed by atoms with Gasteiger partial charge >= 0.3 is 0 Å². The third-order valence-electron chi connectivity index (χ3n) is 3.16. The number of hydrogen-bond acceptors (Lipinski definition) is 2. The van der Waals surface area contributed by atoms with Crippen molar-refractivity contribution in [1.82, 2.24) is 0 Å². The lowest BCUT2D eigenvalue weighted by atomic mass is 9.69. The minimum atomic E-state index is -0.264. The van der Waals surface area contributed by atoms with Gasteiger partial charge in [-0.15, -0.1) is 0 Å². The minimum absolute atomic E-state index is 0.0917. The van der Waals surface area contributed by atoms with E-state index in [4.69, 9.17) is 0 Å².